The molecule has 0 rings (SSSR count). The minimum Gasteiger partial charge on any atom is -0.213 e. The van der Waals surface area contributed by atoms with Crippen LogP contribution in [0.3, 0.4) is 0 Å². The highest BCUT2D eigenvalue weighted by molar-refractivity contribution is 8.13. The van der Waals surface area contributed by atoms with Gasteiger partial charge in [0.25, 0.3) is 9.24 Å². The van der Waals surface area contributed by atoms with Crippen LogP contribution in [0.15, 0.2) is 0 Å². The van der Waals surface area contributed by atoms with E-state index in [9.17, 15) is 16.8 Å². The summed E-state index contributed by atoms with van der Waals surface area (Å²) < 4.78 is 39.8. The fraction of sp³-hybridized carbons (Fsp3) is 1.00. The summed E-state index contributed by atoms with van der Waals surface area (Å²) in [4.78, 5) is 0. The Morgan fingerprint density at radius 2 is 1.08 bits per heavy atom. The van der Waals surface area contributed by atoms with Crippen LogP contribution in [0.25, 0.3) is 0 Å². The summed E-state index contributed by atoms with van der Waals surface area (Å²) in [5, 5.41) is 0. The number of hydrogen-bond donors (Lipinski definition) is 0. The molecule has 0 spiro atoms. The third-order valence-electron chi connectivity index (χ3n) is 0.436. The Labute approximate surface area is 81.2 Å². The molecule has 0 unspecified atom stereocenters. The smallest absolute Gasteiger partial charge is 0.213 e. The molecule has 9 heteroatoms. The molecule has 0 atom stereocenters. The van der Waals surface area contributed by atoms with Crippen molar-refractivity contribution in [3.8, 4) is 0 Å². The molecule has 76 valence electrons. The Hall–Kier alpha value is 0.440. The van der Waals surface area contributed by atoms with Crippen LogP contribution in [0.4, 0.5) is 0 Å². The minimum absolute atomic E-state index is 0.925. The van der Waals surface area contributed by atoms with E-state index in [-0.39, 0.29) is 0 Å². The first-order valence-electron chi connectivity index (χ1n) is 2.46. The highest BCUT2D eigenvalue weighted by atomic mass is 35.7. The molecule has 0 aliphatic rings. The van der Waals surface area contributed by atoms with Crippen molar-refractivity contribution >= 4 is 39.7 Å². The van der Waals surface area contributed by atoms with Crippen molar-refractivity contribution in [1.82, 2.24) is 4.31 Å². The summed E-state index contributed by atoms with van der Waals surface area (Å²) in [6.45, 7) is 0. The van der Waals surface area contributed by atoms with Gasteiger partial charge in [-0.2, -0.15) is 12.7 Å². The molecule has 0 heterocycles. The lowest BCUT2D eigenvalue weighted by Gasteiger charge is -2.00. The molecular formula is C3H9Cl2NO4S2. The van der Waals surface area contributed by atoms with Crippen molar-refractivity contribution in [2.75, 3.05) is 20.4 Å². The summed E-state index contributed by atoms with van der Waals surface area (Å²) in [5.74, 6) is 0. The average Bonchev–Trinajstić information content (AvgIpc) is 1.55. The molecular weight excluding hydrogens is 249 g/mol. The third-order valence-corrected chi connectivity index (χ3v) is 2.14. The second-order valence-corrected chi connectivity index (χ2v) is 7.68. The number of halogens is 2. The predicted molar refractivity (Wildman–Crippen MR) is 49.2 cm³/mol. The fourth-order valence-corrected chi connectivity index (χ4v) is 0. The van der Waals surface area contributed by atoms with Crippen LogP contribution in [0, 0.1) is 0 Å². The molecule has 0 saturated heterocycles. The summed E-state index contributed by atoms with van der Waals surface area (Å²) in [6, 6.07) is 0. The molecule has 0 aromatic heterocycles. The van der Waals surface area contributed by atoms with Gasteiger partial charge in [0, 0.05) is 35.5 Å². The maximum atomic E-state index is 10.0. The van der Waals surface area contributed by atoms with E-state index in [1.165, 1.54) is 14.1 Å². The summed E-state index contributed by atoms with van der Waals surface area (Å²) >= 11 is 0. The van der Waals surface area contributed by atoms with Gasteiger partial charge < -0.3 is 0 Å². The second-order valence-electron chi connectivity index (χ2n) is 1.91. The molecule has 12 heavy (non-hydrogen) atoms. The third kappa shape index (κ3) is 22.4. The lowest BCUT2D eigenvalue weighted by molar-refractivity contribution is 0.537. The maximum Gasteiger partial charge on any atom is 0.299 e. The van der Waals surface area contributed by atoms with Crippen LogP contribution >= 0.6 is 21.4 Å². The van der Waals surface area contributed by atoms with E-state index in [2.05, 4.69) is 10.7 Å². The molecule has 0 fully saturated rings. The second kappa shape index (κ2) is 5.23. The zero-order valence-electron chi connectivity index (χ0n) is 6.65. The van der Waals surface area contributed by atoms with Crippen LogP contribution in [0.2, 0.25) is 0 Å². The molecule has 0 aromatic carbocycles. The van der Waals surface area contributed by atoms with Gasteiger partial charge in [-0.05, 0) is 0 Å². The van der Waals surface area contributed by atoms with Crippen LogP contribution in [-0.4, -0.2) is 41.5 Å². The van der Waals surface area contributed by atoms with Gasteiger partial charge in [0.15, 0.2) is 0 Å². The largest absolute Gasteiger partial charge is 0.299 e. The van der Waals surface area contributed by atoms with E-state index in [0.29, 0.717) is 0 Å². The molecule has 0 amide bonds. The lowest BCUT2D eigenvalue weighted by Crippen LogP contribution is -2.15. The van der Waals surface area contributed by atoms with Gasteiger partial charge in [0.2, 0.25) is 9.05 Å². The molecule has 0 radical (unpaired) electrons. The van der Waals surface area contributed by atoms with Gasteiger partial charge in [0.05, 0.1) is 6.26 Å². The Bertz CT molecular complexity index is 297. The van der Waals surface area contributed by atoms with E-state index in [0.717, 1.165) is 10.6 Å². The zero-order chi connectivity index (χ0) is 10.6. The Balaban J connectivity index is 0. The number of rotatable bonds is 1. The highest BCUT2D eigenvalue weighted by Crippen LogP contribution is 1.96. The maximum absolute atomic E-state index is 10.0. The fourth-order valence-electron chi connectivity index (χ4n) is 0. The molecule has 0 N–H and O–H groups in total. The standard InChI is InChI=1S/C2H6ClNO2S.CH3ClO2S/c1-4(2)7(3,5)6;1-5(2,3)4/h1-2H3;1H3. The Morgan fingerprint density at radius 3 is 1.08 bits per heavy atom. The molecule has 5 nitrogen and oxygen atoms in total. The Morgan fingerprint density at radius 1 is 1.00 bits per heavy atom. The van der Waals surface area contributed by atoms with Crippen LogP contribution in [-0.2, 0) is 18.3 Å². The van der Waals surface area contributed by atoms with Gasteiger partial charge in [-0.15, -0.1) is 0 Å². The normalized spacial score (nSPS) is 12.2. The van der Waals surface area contributed by atoms with Gasteiger partial charge in [-0.25, -0.2) is 8.42 Å². The first-order valence-corrected chi connectivity index (χ1v) is 7.44. The van der Waals surface area contributed by atoms with Crippen LogP contribution in [0.5, 0.6) is 0 Å². The van der Waals surface area contributed by atoms with Crippen LogP contribution in [0.1, 0.15) is 0 Å². The highest BCUT2D eigenvalue weighted by Gasteiger charge is 2.04. The zero-order valence-corrected chi connectivity index (χ0v) is 9.80. The quantitative estimate of drug-likeness (QED) is 0.630. The van der Waals surface area contributed by atoms with Crippen molar-refractivity contribution in [2.24, 2.45) is 0 Å². The topological polar surface area (TPSA) is 71.5 Å². The molecule has 0 aliphatic heterocycles. The van der Waals surface area contributed by atoms with Gasteiger partial charge >= 0.3 is 0 Å². The molecule has 0 aromatic rings. The minimum atomic E-state index is -3.44. The lowest BCUT2D eigenvalue weighted by atomic mass is 11.3. The SMILES string of the molecule is CN(C)S(=O)(=O)Cl.CS(=O)(=O)Cl. The van der Waals surface area contributed by atoms with Gasteiger partial charge in [-0.3, -0.25) is 0 Å². The number of hydrogen-bond acceptors (Lipinski definition) is 4. The molecule has 0 bridgehead atoms. The summed E-state index contributed by atoms with van der Waals surface area (Å²) in [6.07, 6.45) is 0.925. The first-order chi connectivity index (χ1) is 4.94. The van der Waals surface area contributed by atoms with Crippen molar-refractivity contribution in [3.63, 3.8) is 0 Å². The van der Waals surface area contributed by atoms with E-state index in [1.807, 2.05) is 0 Å². The van der Waals surface area contributed by atoms with Gasteiger partial charge in [0.1, 0.15) is 0 Å². The van der Waals surface area contributed by atoms with Gasteiger partial charge in [-0.1, -0.05) is 0 Å². The predicted octanol–water partition coefficient (Wildman–Crippen LogP) is 0.216. The summed E-state index contributed by atoms with van der Waals surface area (Å²) in [7, 11) is 5.37. The van der Waals surface area contributed by atoms with E-state index in [4.69, 9.17) is 10.7 Å². The monoisotopic (exact) mass is 257 g/mol. The van der Waals surface area contributed by atoms with Crippen LogP contribution < -0.4 is 0 Å². The summed E-state index contributed by atoms with van der Waals surface area (Å²) in [5.41, 5.74) is 0. The van der Waals surface area contributed by atoms with E-state index < -0.39 is 18.3 Å². The molecule has 0 saturated carbocycles. The van der Waals surface area contributed by atoms with Crippen molar-refractivity contribution in [3.05, 3.63) is 0 Å². The van der Waals surface area contributed by atoms with Crippen molar-refractivity contribution < 1.29 is 16.8 Å². The molecule has 0 aliphatic carbocycles. The Kier molecular flexibility index (Phi) is 6.51. The number of nitrogens with zero attached hydrogens (tertiary/aromatic N) is 1. The average molecular weight is 258 g/mol. The first kappa shape index (κ1) is 14.9. The van der Waals surface area contributed by atoms with Crippen molar-refractivity contribution in [1.29, 1.82) is 0 Å². The van der Waals surface area contributed by atoms with Crippen molar-refractivity contribution in [2.45, 2.75) is 0 Å². The van der Waals surface area contributed by atoms with E-state index in [1.54, 1.807) is 0 Å². The van der Waals surface area contributed by atoms with E-state index >= 15 is 0 Å².